The monoisotopic (exact) mass is 373 g/mol. The molecule has 27 heavy (non-hydrogen) atoms. The Balaban J connectivity index is 0.00000180. The van der Waals surface area contributed by atoms with Gasteiger partial charge in [-0.2, -0.15) is 0 Å². The summed E-state index contributed by atoms with van der Waals surface area (Å²) in [6, 6.07) is 20.1. The minimum atomic E-state index is 0. The number of fused-ring (bicyclic) bond motifs is 2. The number of nitrogens with zero attached hydrogens (tertiary/aromatic N) is 3. The lowest BCUT2D eigenvalue weighted by atomic mass is 10.2. The van der Waals surface area contributed by atoms with Crippen LogP contribution in [-0.4, -0.2) is 19.9 Å². The molecule has 2 N–H and O–H groups in total. The number of anilines is 2. The van der Waals surface area contributed by atoms with Gasteiger partial charge in [0.1, 0.15) is 5.82 Å². The number of aromatic amines is 1. The van der Waals surface area contributed by atoms with Gasteiger partial charge in [0.25, 0.3) is 0 Å². The largest absolute Gasteiger partial charge is 0.361 e. The van der Waals surface area contributed by atoms with Gasteiger partial charge < -0.3 is 10.3 Å². The molecule has 0 spiro atoms. The van der Waals surface area contributed by atoms with Crippen molar-refractivity contribution in [2.75, 3.05) is 5.32 Å². The molecule has 2 aromatic carbocycles. The third kappa shape index (κ3) is 3.20. The molecule has 0 fully saturated rings. The lowest BCUT2D eigenvalue weighted by Crippen LogP contribution is -1.99. The van der Waals surface area contributed by atoms with Crippen molar-refractivity contribution in [3.05, 3.63) is 79.3 Å². The lowest BCUT2D eigenvalue weighted by molar-refractivity contribution is 1.21. The molecule has 0 saturated heterocycles. The van der Waals surface area contributed by atoms with Gasteiger partial charge in [0.2, 0.25) is 0 Å². The first kappa shape index (κ1) is 17.0. The van der Waals surface area contributed by atoms with Crippen LogP contribution in [0.5, 0.6) is 0 Å². The van der Waals surface area contributed by atoms with Gasteiger partial charge >= 0.3 is 0 Å². The zero-order chi connectivity index (χ0) is 17.3. The zero-order valence-electron chi connectivity index (χ0n) is 14.3. The highest BCUT2D eigenvalue weighted by Crippen LogP contribution is 2.28. The maximum Gasteiger partial charge on any atom is 0.162 e. The molecular formula is C21H16ClN5. The summed E-state index contributed by atoms with van der Waals surface area (Å²) < 4.78 is 0. The molecular weight excluding hydrogens is 358 g/mol. The van der Waals surface area contributed by atoms with Crippen LogP contribution in [0.25, 0.3) is 33.2 Å². The third-order valence-electron chi connectivity index (χ3n) is 4.36. The molecule has 5 nitrogen and oxygen atoms in total. The normalized spacial score (nSPS) is 10.7. The predicted molar refractivity (Wildman–Crippen MR) is 112 cm³/mol. The van der Waals surface area contributed by atoms with E-state index in [1.807, 2.05) is 48.7 Å². The Bertz CT molecular complexity index is 1220. The van der Waals surface area contributed by atoms with E-state index in [4.69, 9.17) is 9.97 Å². The van der Waals surface area contributed by atoms with E-state index in [1.54, 1.807) is 12.4 Å². The minimum Gasteiger partial charge on any atom is -0.361 e. The van der Waals surface area contributed by atoms with Crippen molar-refractivity contribution >= 4 is 45.7 Å². The Morgan fingerprint density at radius 2 is 1.70 bits per heavy atom. The highest BCUT2D eigenvalue weighted by atomic mass is 35.5. The van der Waals surface area contributed by atoms with Crippen molar-refractivity contribution in [2.45, 2.75) is 0 Å². The van der Waals surface area contributed by atoms with Crippen LogP contribution in [0.2, 0.25) is 0 Å². The topological polar surface area (TPSA) is 66.5 Å². The van der Waals surface area contributed by atoms with Crippen molar-refractivity contribution in [3.63, 3.8) is 0 Å². The van der Waals surface area contributed by atoms with Crippen molar-refractivity contribution in [2.24, 2.45) is 0 Å². The van der Waals surface area contributed by atoms with Gasteiger partial charge in [0, 0.05) is 46.1 Å². The number of pyridine rings is 1. The fourth-order valence-electron chi connectivity index (χ4n) is 3.07. The van der Waals surface area contributed by atoms with Crippen molar-refractivity contribution in [1.82, 2.24) is 19.9 Å². The smallest absolute Gasteiger partial charge is 0.162 e. The molecule has 5 aromatic rings. The molecule has 0 bridgehead atoms. The molecule has 0 unspecified atom stereocenters. The van der Waals surface area contributed by atoms with E-state index in [0.29, 0.717) is 5.82 Å². The number of hydrogen-bond donors (Lipinski definition) is 2. The van der Waals surface area contributed by atoms with Crippen LogP contribution in [0.4, 0.5) is 11.5 Å². The molecule has 0 aliphatic carbocycles. The Hall–Kier alpha value is -3.44. The van der Waals surface area contributed by atoms with E-state index in [0.717, 1.165) is 38.9 Å². The summed E-state index contributed by atoms with van der Waals surface area (Å²) in [5, 5.41) is 5.60. The second-order valence-electron chi connectivity index (χ2n) is 6.05. The standard InChI is InChI=1S/C21H15N5.ClH/c1-2-4-19-17(3-1)21(26-20(25-19)14-7-10-22-11-8-14)24-16-5-6-18-15(13-16)9-12-23-18;/h1-13,23H,(H,24,25,26);1H. The maximum atomic E-state index is 4.78. The first-order valence-corrected chi connectivity index (χ1v) is 8.38. The Labute approximate surface area is 161 Å². The molecule has 5 rings (SSSR count). The molecule has 0 aliphatic heterocycles. The third-order valence-corrected chi connectivity index (χ3v) is 4.36. The van der Waals surface area contributed by atoms with Gasteiger partial charge in [-0.05, 0) is 48.5 Å². The van der Waals surface area contributed by atoms with E-state index >= 15 is 0 Å². The average Bonchev–Trinajstić information content (AvgIpc) is 3.16. The van der Waals surface area contributed by atoms with E-state index in [1.165, 1.54) is 0 Å². The summed E-state index contributed by atoms with van der Waals surface area (Å²) >= 11 is 0. The van der Waals surface area contributed by atoms with Gasteiger partial charge in [0.15, 0.2) is 5.82 Å². The fourth-order valence-corrected chi connectivity index (χ4v) is 3.07. The molecule has 132 valence electrons. The van der Waals surface area contributed by atoms with Gasteiger partial charge in [-0.15, -0.1) is 12.4 Å². The Morgan fingerprint density at radius 3 is 2.59 bits per heavy atom. The molecule has 0 radical (unpaired) electrons. The summed E-state index contributed by atoms with van der Waals surface area (Å²) in [7, 11) is 0. The van der Waals surface area contributed by atoms with Crippen LogP contribution in [0.3, 0.4) is 0 Å². The minimum absolute atomic E-state index is 0. The number of rotatable bonds is 3. The lowest BCUT2D eigenvalue weighted by Gasteiger charge is -2.11. The molecule has 0 aliphatic rings. The van der Waals surface area contributed by atoms with Crippen LogP contribution in [0, 0.1) is 0 Å². The van der Waals surface area contributed by atoms with Crippen LogP contribution in [0.1, 0.15) is 0 Å². The number of para-hydroxylation sites is 1. The summed E-state index contributed by atoms with van der Waals surface area (Å²) in [5.74, 6) is 1.47. The number of benzene rings is 2. The molecule has 0 amide bonds. The van der Waals surface area contributed by atoms with E-state index in [-0.39, 0.29) is 12.4 Å². The number of nitrogens with one attached hydrogen (secondary N) is 2. The number of aromatic nitrogens is 4. The van der Waals surface area contributed by atoms with Crippen molar-refractivity contribution < 1.29 is 0 Å². The summed E-state index contributed by atoms with van der Waals surface area (Å²) in [6.45, 7) is 0. The van der Waals surface area contributed by atoms with Gasteiger partial charge in [-0.3, -0.25) is 4.98 Å². The number of halogens is 1. The SMILES string of the molecule is Cl.c1ccc2c(Nc3ccc4[nH]ccc4c3)nc(-c3ccncc3)nc2c1. The van der Waals surface area contributed by atoms with Gasteiger partial charge in [0.05, 0.1) is 5.52 Å². The Kier molecular flexibility index (Phi) is 4.44. The average molecular weight is 374 g/mol. The highest BCUT2D eigenvalue weighted by molar-refractivity contribution is 5.93. The maximum absolute atomic E-state index is 4.78. The van der Waals surface area contributed by atoms with Crippen LogP contribution in [-0.2, 0) is 0 Å². The fraction of sp³-hybridized carbons (Fsp3) is 0. The second-order valence-corrected chi connectivity index (χ2v) is 6.05. The van der Waals surface area contributed by atoms with Crippen molar-refractivity contribution in [1.29, 1.82) is 0 Å². The van der Waals surface area contributed by atoms with E-state index < -0.39 is 0 Å². The zero-order valence-corrected chi connectivity index (χ0v) is 15.1. The quantitative estimate of drug-likeness (QED) is 0.448. The Morgan fingerprint density at radius 1 is 0.852 bits per heavy atom. The first-order valence-electron chi connectivity index (χ1n) is 8.38. The number of hydrogen-bond acceptors (Lipinski definition) is 4. The predicted octanol–water partition coefficient (Wildman–Crippen LogP) is 5.34. The molecule has 3 aromatic heterocycles. The van der Waals surface area contributed by atoms with Crippen LogP contribution >= 0.6 is 12.4 Å². The molecule has 0 saturated carbocycles. The van der Waals surface area contributed by atoms with E-state index in [9.17, 15) is 0 Å². The van der Waals surface area contributed by atoms with Crippen molar-refractivity contribution in [3.8, 4) is 11.4 Å². The number of H-pyrrole nitrogens is 1. The van der Waals surface area contributed by atoms with Gasteiger partial charge in [-0.1, -0.05) is 12.1 Å². The molecule has 6 heteroatoms. The second kappa shape index (κ2) is 7.05. The van der Waals surface area contributed by atoms with Crippen LogP contribution in [0.15, 0.2) is 79.3 Å². The van der Waals surface area contributed by atoms with Crippen LogP contribution < -0.4 is 5.32 Å². The summed E-state index contributed by atoms with van der Waals surface area (Å²) in [6.07, 6.45) is 5.44. The van der Waals surface area contributed by atoms with Gasteiger partial charge in [-0.25, -0.2) is 9.97 Å². The van der Waals surface area contributed by atoms with E-state index in [2.05, 4.69) is 33.5 Å². The first-order chi connectivity index (χ1) is 12.9. The highest BCUT2D eigenvalue weighted by Gasteiger charge is 2.10. The molecule has 3 heterocycles. The summed E-state index contributed by atoms with van der Waals surface area (Å²) in [5.41, 5.74) is 3.94. The molecule has 0 atom stereocenters. The summed E-state index contributed by atoms with van der Waals surface area (Å²) in [4.78, 5) is 16.8.